The molecule has 0 amide bonds. The van der Waals surface area contributed by atoms with Gasteiger partial charge in [0.05, 0.1) is 0 Å². The van der Waals surface area contributed by atoms with Gasteiger partial charge in [-0.25, -0.2) is 0 Å². The third kappa shape index (κ3) is 4.74. The van der Waals surface area contributed by atoms with Crippen molar-refractivity contribution in [3.8, 4) is 11.1 Å². The van der Waals surface area contributed by atoms with Crippen LogP contribution in [0.5, 0.6) is 0 Å². The molecule has 0 nitrogen and oxygen atoms in total. The van der Waals surface area contributed by atoms with E-state index in [1.54, 1.807) is 0 Å². The van der Waals surface area contributed by atoms with Gasteiger partial charge in [0.15, 0.2) is 0 Å². The number of allylic oxidation sites excluding steroid dienone is 1. The zero-order valence-electron chi connectivity index (χ0n) is 25.9. The normalized spacial score (nSPS) is 13.4. The topological polar surface area (TPSA) is 0 Å². The van der Waals surface area contributed by atoms with E-state index in [9.17, 15) is 0 Å². The molecule has 0 saturated heterocycles. The van der Waals surface area contributed by atoms with Crippen LogP contribution in [0.2, 0.25) is 0 Å². The fourth-order valence-corrected chi connectivity index (χ4v) is 6.84. The molecule has 0 aromatic heterocycles. The predicted molar refractivity (Wildman–Crippen MR) is 192 cm³/mol. The van der Waals surface area contributed by atoms with Crippen LogP contribution in [0.25, 0.3) is 60.7 Å². The van der Waals surface area contributed by atoms with Gasteiger partial charge in [0.1, 0.15) is 0 Å². The van der Waals surface area contributed by atoms with Gasteiger partial charge in [-0.2, -0.15) is 0 Å². The van der Waals surface area contributed by atoms with Gasteiger partial charge in [0, 0.05) is 0 Å². The van der Waals surface area contributed by atoms with E-state index in [0.29, 0.717) is 0 Å². The van der Waals surface area contributed by atoms with Crippen LogP contribution in [0.1, 0.15) is 37.5 Å². The molecule has 0 aliphatic heterocycles. The highest BCUT2D eigenvalue weighted by atomic mass is 14.2. The highest BCUT2D eigenvalue weighted by Gasteiger charge is 2.18. The second kappa shape index (κ2) is 11.5. The molecule has 0 saturated carbocycles. The van der Waals surface area contributed by atoms with Crippen molar-refractivity contribution in [2.75, 3.05) is 0 Å². The quantitative estimate of drug-likeness (QED) is 0.187. The van der Waals surface area contributed by atoms with Crippen molar-refractivity contribution in [3.05, 3.63) is 172 Å². The molecule has 0 atom stereocenters. The third-order valence-electron chi connectivity index (χ3n) is 9.25. The molecule has 7 aromatic carbocycles. The zero-order valence-corrected chi connectivity index (χ0v) is 25.9. The van der Waals surface area contributed by atoms with Gasteiger partial charge in [-0.3, -0.25) is 0 Å². The Morgan fingerprint density at radius 3 is 1.68 bits per heavy atom. The molecule has 0 unspecified atom stereocenters. The van der Waals surface area contributed by atoms with Gasteiger partial charge in [-0.1, -0.05) is 146 Å². The summed E-state index contributed by atoms with van der Waals surface area (Å²) in [6.45, 7) is 8.98. The van der Waals surface area contributed by atoms with Gasteiger partial charge in [-0.15, -0.1) is 0 Å². The Bertz CT molecular complexity index is 2300. The molecule has 7 rings (SSSR count). The lowest BCUT2D eigenvalue weighted by atomic mass is 9.84. The van der Waals surface area contributed by atoms with Crippen LogP contribution in [0.3, 0.4) is 0 Å². The van der Waals surface area contributed by atoms with E-state index in [1.165, 1.54) is 87.3 Å². The van der Waals surface area contributed by atoms with Gasteiger partial charge in [-0.05, 0) is 115 Å². The number of benzene rings is 7. The molecule has 0 aliphatic carbocycles. The Morgan fingerprint density at radius 1 is 0.477 bits per heavy atom. The van der Waals surface area contributed by atoms with E-state index < -0.39 is 0 Å². The van der Waals surface area contributed by atoms with Crippen LogP contribution in [0, 0.1) is 6.92 Å². The van der Waals surface area contributed by atoms with E-state index in [-0.39, 0.29) is 0 Å². The second-order valence-electron chi connectivity index (χ2n) is 11.8. The minimum absolute atomic E-state index is 1.26. The fraction of sp³-hybridized carbons (Fsp3) is 0.0909. The highest BCUT2D eigenvalue weighted by molar-refractivity contribution is 6.21. The predicted octanol–water partition coefficient (Wildman–Crippen LogP) is 10.6. The van der Waals surface area contributed by atoms with Gasteiger partial charge in [0.25, 0.3) is 0 Å². The van der Waals surface area contributed by atoms with Crippen LogP contribution in [-0.2, 0) is 0 Å². The summed E-state index contributed by atoms with van der Waals surface area (Å²) in [5, 5.41) is 10.2. The lowest BCUT2D eigenvalue weighted by Gasteiger charge is -2.19. The maximum Gasteiger partial charge on any atom is -0.00201 e. The molecular weight excluding hydrogens is 528 g/mol. The molecular formula is C44H36. The summed E-state index contributed by atoms with van der Waals surface area (Å²) in [7, 11) is 0. The Morgan fingerprint density at radius 2 is 1.00 bits per heavy atom. The van der Waals surface area contributed by atoms with Crippen molar-refractivity contribution >= 4 is 49.5 Å². The Kier molecular flexibility index (Phi) is 7.20. The molecule has 212 valence electrons. The van der Waals surface area contributed by atoms with Crippen LogP contribution in [-0.4, -0.2) is 0 Å². The molecule has 0 heterocycles. The lowest BCUT2D eigenvalue weighted by Crippen LogP contribution is -2.28. The molecule has 0 fully saturated rings. The smallest absolute Gasteiger partial charge is 0.00201 e. The molecule has 0 aliphatic rings. The van der Waals surface area contributed by atoms with E-state index >= 15 is 0 Å². The largest absolute Gasteiger partial charge is 0.0620 e. The minimum atomic E-state index is 1.26. The van der Waals surface area contributed by atoms with Crippen molar-refractivity contribution < 1.29 is 0 Å². The van der Waals surface area contributed by atoms with Crippen LogP contribution in [0.15, 0.2) is 145 Å². The van der Waals surface area contributed by atoms with Gasteiger partial charge in [0.2, 0.25) is 0 Å². The van der Waals surface area contributed by atoms with Gasteiger partial charge >= 0.3 is 0 Å². The first-order valence-electron chi connectivity index (χ1n) is 15.5. The van der Waals surface area contributed by atoms with Crippen LogP contribution < -0.4 is 10.4 Å². The summed E-state index contributed by atoms with van der Waals surface area (Å²) in [6, 6.07) is 50.8. The Labute approximate surface area is 259 Å². The first kappa shape index (κ1) is 27.6. The minimum Gasteiger partial charge on any atom is -0.0620 e. The standard InChI is InChI=1S/C44H36/c1-29-16-5-6-18-34(29)28-30(2)31(3)35-20-9-10-21-36(35)32(4)43-39-23-11-13-25-41(39)44(42-26-14-12-24-40(42)43)38-27-15-19-33-17-7-8-22-37(33)38/h5-28H,1-4H3. The van der Waals surface area contributed by atoms with Crippen LogP contribution >= 0.6 is 0 Å². The highest BCUT2D eigenvalue weighted by Crippen LogP contribution is 2.43. The summed E-state index contributed by atoms with van der Waals surface area (Å²) < 4.78 is 0. The molecule has 0 spiro atoms. The fourth-order valence-electron chi connectivity index (χ4n) is 6.84. The molecule has 44 heavy (non-hydrogen) atoms. The van der Waals surface area contributed by atoms with Crippen LogP contribution in [0.4, 0.5) is 0 Å². The van der Waals surface area contributed by atoms with Crippen molar-refractivity contribution in [1.82, 2.24) is 0 Å². The van der Waals surface area contributed by atoms with E-state index in [4.69, 9.17) is 0 Å². The van der Waals surface area contributed by atoms with Crippen molar-refractivity contribution in [2.45, 2.75) is 27.7 Å². The van der Waals surface area contributed by atoms with E-state index in [2.05, 4.69) is 173 Å². The lowest BCUT2D eigenvalue weighted by molar-refractivity contribution is 1.38. The summed E-state index contributed by atoms with van der Waals surface area (Å²) in [5.41, 5.74) is 10.3. The summed E-state index contributed by atoms with van der Waals surface area (Å²) >= 11 is 0. The molecule has 7 aromatic rings. The molecule has 0 N–H and O–H groups in total. The van der Waals surface area contributed by atoms with Crippen molar-refractivity contribution in [2.24, 2.45) is 0 Å². The summed E-state index contributed by atoms with van der Waals surface area (Å²) in [4.78, 5) is 0. The van der Waals surface area contributed by atoms with Gasteiger partial charge < -0.3 is 0 Å². The number of rotatable bonds is 4. The molecule has 0 bridgehead atoms. The second-order valence-corrected chi connectivity index (χ2v) is 11.8. The molecule has 0 radical (unpaired) electrons. The van der Waals surface area contributed by atoms with E-state index in [1.807, 2.05) is 0 Å². The Balaban J connectivity index is 1.58. The summed E-state index contributed by atoms with van der Waals surface area (Å²) in [6.07, 6.45) is 2.32. The third-order valence-corrected chi connectivity index (χ3v) is 9.25. The zero-order chi connectivity index (χ0) is 30.2. The number of aryl methyl sites for hydroxylation is 1. The summed E-state index contributed by atoms with van der Waals surface area (Å²) in [5.74, 6) is 0. The Hall–Kier alpha value is -5.20. The average molecular weight is 565 g/mol. The number of fused-ring (bicyclic) bond motifs is 3. The van der Waals surface area contributed by atoms with E-state index in [0.717, 1.165) is 0 Å². The number of hydrogen-bond acceptors (Lipinski definition) is 0. The first-order chi connectivity index (χ1) is 21.5. The SMILES string of the molecule is CC(=Cc1ccccc1C)C(C)=c1ccccc1=C(C)c1c2ccccc2c(-c2cccc3ccccc23)c2ccccc12. The maximum atomic E-state index is 2.32. The van der Waals surface area contributed by atoms with Crippen molar-refractivity contribution in [1.29, 1.82) is 0 Å². The monoisotopic (exact) mass is 564 g/mol. The number of hydrogen-bond donors (Lipinski definition) is 0. The molecule has 0 heteroatoms. The average Bonchev–Trinajstić information content (AvgIpc) is 3.07. The first-order valence-corrected chi connectivity index (χ1v) is 15.5. The van der Waals surface area contributed by atoms with Crippen molar-refractivity contribution in [3.63, 3.8) is 0 Å². The maximum absolute atomic E-state index is 2.32.